The van der Waals surface area contributed by atoms with Crippen molar-refractivity contribution in [3.63, 3.8) is 0 Å². The summed E-state index contributed by atoms with van der Waals surface area (Å²) in [6, 6.07) is 6.81. The molecule has 1 aliphatic heterocycles. The normalized spacial score (nSPS) is 19.6. The van der Waals surface area contributed by atoms with E-state index in [0.717, 1.165) is 0 Å². The summed E-state index contributed by atoms with van der Waals surface area (Å²) < 4.78 is 49.3. The molecule has 1 aromatic rings. The molecule has 0 spiro atoms. The molecule has 1 heterocycles. The molecule has 1 atom stereocenters. The van der Waals surface area contributed by atoms with E-state index in [1.807, 2.05) is 0 Å². The third-order valence-electron chi connectivity index (χ3n) is 3.41. The Bertz CT molecular complexity index is 730. The van der Waals surface area contributed by atoms with Gasteiger partial charge in [0.05, 0.1) is 22.4 Å². The molecule has 0 saturated carbocycles. The molecule has 0 aromatic heterocycles. The second-order valence-corrected chi connectivity index (χ2v) is 9.15. The first-order chi connectivity index (χ1) is 10.2. The highest BCUT2D eigenvalue weighted by Gasteiger charge is 2.30. The minimum Gasteiger partial charge on any atom is -0.339 e. The molecule has 7 nitrogen and oxygen atoms in total. The van der Waals surface area contributed by atoms with E-state index >= 15 is 0 Å². The number of nitrogens with one attached hydrogen (secondary N) is 1. The summed E-state index contributed by atoms with van der Waals surface area (Å²) in [7, 11) is -6.87. The Morgan fingerprint density at radius 1 is 1.18 bits per heavy atom. The van der Waals surface area contributed by atoms with Crippen molar-refractivity contribution in [1.29, 1.82) is 0 Å². The zero-order chi connectivity index (χ0) is 16.4. The van der Waals surface area contributed by atoms with Gasteiger partial charge in [0.15, 0.2) is 9.84 Å². The lowest BCUT2D eigenvalue weighted by Gasteiger charge is -2.29. The van der Waals surface area contributed by atoms with Gasteiger partial charge in [-0.3, -0.25) is 4.79 Å². The zero-order valence-electron chi connectivity index (χ0n) is 12.1. The maximum absolute atomic E-state index is 12.2. The number of hydrogen-bond acceptors (Lipinski definition) is 5. The van der Waals surface area contributed by atoms with Gasteiger partial charge >= 0.3 is 0 Å². The molecule has 122 valence electrons. The second kappa shape index (κ2) is 6.35. The lowest BCUT2D eigenvalue weighted by Crippen LogP contribution is -2.51. The van der Waals surface area contributed by atoms with Crippen LogP contribution >= 0.6 is 0 Å². The summed E-state index contributed by atoms with van der Waals surface area (Å²) in [5.41, 5.74) is 0. The molecule has 1 amide bonds. The van der Waals surface area contributed by atoms with Gasteiger partial charge in [0.25, 0.3) is 0 Å². The molecule has 9 heteroatoms. The molecule has 1 N–H and O–H groups in total. The molecule has 1 unspecified atom stereocenters. The number of sulfonamides is 1. The van der Waals surface area contributed by atoms with Gasteiger partial charge in [-0.25, -0.2) is 16.8 Å². The molecule has 0 bridgehead atoms. The van der Waals surface area contributed by atoms with Gasteiger partial charge in [-0.1, -0.05) is 18.2 Å². The third kappa shape index (κ3) is 4.05. The van der Waals surface area contributed by atoms with Crippen LogP contribution in [0.4, 0.5) is 0 Å². The van der Waals surface area contributed by atoms with Gasteiger partial charge in [0.2, 0.25) is 15.9 Å². The Morgan fingerprint density at radius 2 is 1.73 bits per heavy atom. The first-order valence-electron chi connectivity index (χ1n) is 6.78. The number of amides is 1. The highest BCUT2D eigenvalue weighted by molar-refractivity contribution is 7.91. The van der Waals surface area contributed by atoms with Gasteiger partial charge in [-0.15, -0.1) is 0 Å². The standard InChI is InChI=1S/C13H18N2O5S2/c1-11(13(16)15-7-9-21(17,18)10-8-15)14-22(19,20)12-5-3-2-4-6-12/h2-6,11,14H,7-10H2,1H3. The van der Waals surface area contributed by atoms with E-state index in [-0.39, 0.29) is 29.5 Å². The summed E-state index contributed by atoms with van der Waals surface area (Å²) in [5, 5.41) is 0. The molecular weight excluding hydrogens is 328 g/mol. The van der Waals surface area contributed by atoms with Crippen LogP contribution in [-0.2, 0) is 24.7 Å². The average Bonchev–Trinajstić information content (AvgIpc) is 2.47. The van der Waals surface area contributed by atoms with Gasteiger partial charge in [0, 0.05) is 13.1 Å². The number of nitrogens with zero attached hydrogens (tertiary/aromatic N) is 1. The van der Waals surface area contributed by atoms with E-state index in [0.29, 0.717) is 0 Å². The summed E-state index contributed by atoms with van der Waals surface area (Å²) in [5.74, 6) is -0.595. The minimum atomic E-state index is -3.78. The Balaban J connectivity index is 2.03. The maximum atomic E-state index is 12.2. The van der Waals surface area contributed by atoms with Crippen LogP contribution < -0.4 is 4.72 Å². The highest BCUT2D eigenvalue weighted by Crippen LogP contribution is 2.10. The van der Waals surface area contributed by atoms with Gasteiger partial charge in [-0.05, 0) is 19.1 Å². The molecule has 1 fully saturated rings. The monoisotopic (exact) mass is 346 g/mol. The van der Waals surface area contributed by atoms with Crippen LogP contribution in [0.1, 0.15) is 6.92 Å². The molecule has 0 radical (unpaired) electrons. The topological polar surface area (TPSA) is 101 Å². The third-order valence-corrected chi connectivity index (χ3v) is 6.58. The van der Waals surface area contributed by atoms with Crippen molar-refractivity contribution < 1.29 is 21.6 Å². The van der Waals surface area contributed by atoms with Gasteiger partial charge in [-0.2, -0.15) is 4.72 Å². The number of carbonyl (C=O) groups excluding carboxylic acids is 1. The largest absolute Gasteiger partial charge is 0.339 e. The smallest absolute Gasteiger partial charge is 0.241 e. The lowest BCUT2D eigenvalue weighted by molar-refractivity contribution is -0.132. The van der Waals surface area contributed by atoms with Crippen molar-refractivity contribution in [2.75, 3.05) is 24.6 Å². The van der Waals surface area contributed by atoms with Crippen molar-refractivity contribution in [1.82, 2.24) is 9.62 Å². The summed E-state index contributed by atoms with van der Waals surface area (Å²) in [6.45, 7) is 1.64. The van der Waals surface area contributed by atoms with Crippen LogP contribution in [0.2, 0.25) is 0 Å². The Morgan fingerprint density at radius 3 is 2.27 bits per heavy atom. The van der Waals surface area contributed by atoms with Crippen LogP contribution in [0.5, 0.6) is 0 Å². The molecule has 1 aliphatic rings. The maximum Gasteiger partial charge on any atom is 0.241 e. The second-order valence-electron chi connectivity index (χ2n) is 5.13. The van der Waals surface area contributed by atoms with E-state index in [4.69, 9.17) is 0 Å². The fourth-order valence-corrected chi connectivity index (χ4v) is 4.58. The first-order valence-corrected chi connectivity index (χ1v) is 10.1. The molecule has 1 saturated heterocycles. The molecule has 1 aromatic carbocycles. The highest BCUT2D eigenvalue weighted by atomic mass is 32.2. The minimum absolute atomic E-state index is 0.0795. The Labute approximate surface area is 130 Å². The van der Waals surface area contributed by atoms with Crippen molar-refractivity contribution in [3.05, 3.63) is 30.3 Å². The van der Waals surface area contributed by atoms with E-state index in [1.54, 1.807) is 18.2 Å². The zero-order valence-corrected chi connectivity index (χ0v) is 13.7. The number of hydrogen-bond donors (Lipinski definition) is 1. The van der Waals surface area contributed by atoms with Crippen LogP contribution in [0.25, 0.3) is 0 Å². The van der Waals surface area contributed by atoms with Crippen molar-refractivity contribution in [2.45, 2.75) is 17.9 Å². The van der Waals surface area contributed by atoms with E-state index in [1.165, 1.54) is 24.0 Å². The Kier molecular flexibility index (Phi) is 4.88. The Hall–Kier alpha value is -1.45. The molecule has 0 aliphatic carbocycles. The lowest BCUT2D eigenvalue weighted by atomic mass is 10.3. The summed E-state index contributed by atoms with van der Waals surface area (Å²) in [4.78, 5) is 13.7. The van der Waals surface area contributed by atoms with Crippen LogP contribution in [0, 0.1) is 0 Å². The van der Waals surface area contributed by atoms with E-state index < -0.39 is 31.8 Å². The number of carbonyl (C=O) groups is 1. The fraction of sp³-hybridized carbons (Fsp3) is 0.462. The molecule has 22 heavy (non-hydrogen) atoms. The van der Waals surface area contributed by atoms with Gasteiger partial charge < -0.3 is 4.90 Å². The van der Waals surface area contributed by atoms with Crippen molar-refractivity contribution in [2.24, 2.45) is 0 Å². The number of benzene rings is 1. The van der Waals surface area contributed by atoms with Crippen LogP contribution in [0.15, 0.2) is 35.2 Å². The summed E-state index contributed by atoms with van der Waals surface area (Å²) >= 11 is 0. The van der Waals surface area contributed by atoms with Crippen molar-refractivity contribution >= 4 is 25.8 Å². The van der Waals surface area contributed by atoms with Crippen LogP contribution in [0.3, 0.4) is 0 Å². The van der Waals surface area contributed by atoms with Gasteiger partial charge in [0.1, 0.15) is 0 Å². The quantitative estimate of drug-likeness (QED) is 0.800. The fourth-order valence-electron chi connectivity index (χ4n) is 2.16. The molecular formula is C13H18N2O5S2. The number of rotatable bonds is 4. The number of sulfone groups is 1. The van der Waals surface area contributed by atoms with Crippen LogP contribution in [-0.4, -0.2) is 58.3 Å². The summed E-state index contributed by atoms with van der Waals surface area (Å²) in [6.07, 6.45) is 0. The predicted molar refractivity (Wildman–Crippen MR) is 81.5 cm³/mol. The average molecular weight is 346 g/mol. The predicted octanol–water partition coefficient (Wildman–Crippen LogP) is -0.390. The van der Waals surface area contributed by atoms with E-state index in [9.17, 15) is 21.6 Å². The molecule has 2 rings (SSSR count). The first kappa shape index (κ1) is 16.9. The van der Waals surface area contributed by atoms with Crippen molar-refractivity contribution in [3.8, 4) is 0 Å². The van der Waals surface area contributed by atoms with E-state index in [2.05, 4.69) is 4.72 Å². The SMILES string of the molecule is CC(NS(=O)(=O)c1ccccc1)C(=O)N1CCS(=O)(=O)CC1.